The SMILES string of the molecule is CCCCCCCCCCCCCCCCc1cnc(-c2ccc(CCCCCCCCCCCCCCC)cc2)nc1. The standard InChI is InChI=1S/C41H70N2/c1-3-5-7-9-11-13-15-17-19-21-23-25-27-29-31-39-36-42-41(43-37-39)40-34-32-38(33-35-40)30-28-26-24-22-20-18-16-14-12-10-8-6-4-2/h32-37H,3-31H2,1-2H3. The number of rotatable bonds is 30. The van der Waals surface area contributed by atoms with Crippen molar-refractivity contribution < 1.29 is 0 Å². The number of hydrogen-bond acceptors (Lipinski definition) is 2. The predicted octanol–water partition coefficient (Wildman–Crippen LogP) is 13.8. The van der Waals surface area contributed by atoms with Gasteiger partial charge in [-0.2, -0.15) is 0 Å². The normalized spacial score (nSPS) is 11.4. The Labute approximate surface area is 268 Å². The zero-order valence-electron chi connectivity index (χ0n) is 28.9. The molecule has 0 spiro atoms. The van der Waals surface area contributed by atoms with Crippen molar-refractivity contribution in [3.05, 3.63) is 47.8 Å². The van der Waals surface area contributed by atoms with Crippen molar-refractivity contribution in [2.45, 2.75) is 200 Å². The topological polar surface area (TPSA) is 25.8 Å². The zero-order chi connectivity index (χ0) is 30.5. The molecule has 0 bridgehead atoms. The van der Waals surface area contributed by atoms with Crippen molar-refractivity contribution in [3.63, 3.8) is 0 Å². The fourth-order valence-corrected chi connectivity index (χ4v) is 6.32. The molecule has 0 amide bonds. The second kappa shape index (κ2) is 27.8. The molecule has 1 heterocycles. The van der Waals surface area contributed by atoms with Gasteiger partial charge in [0, 0.05) is 18.0 Å². The Kier molecular flexibility index (Phi) is 24.3. The Bertz CT molecular complexity index is 841. The molecule has 0 N–H and O–H groups in total. The van der Waals surface area contributed by atoms with Crippen LogP contribution in [0.4, 0.5) is 0 Å². The number of nitrogens with zero attached hydrogens (tertiary/aromatic N) is 2. The van der Waals surface area contributed by atoms with E-state index in [1.54, 1.807) is 0 Å². The maximum absolute atomic E-state index is 4.69. The maximum atomic E-state index is 4.69. The van der Waals surface area contributed by atoms with Gasteiger partial charge in [0.1, 0.15) is 0 Å². The largest absolute Gasteiger partial charge is 0.236 e. The summed E-state index contributed by atoms with van der Waals surface area (Å²) in [6.45, 7) is 4.60. The molecule has 0 unspecified atom stereocenters. The second-order valence-electron chi connectivity index (χ2n) is 13.5. The Morgan fingerprint density at radius 2 is 0.651 bits per heavy atom. The zero-order valence-corrected chi connectivity index (χ0v) is 28.9. The molecule has 244 valence electrons. The van der Waals surface area contributed by atoms with Crippen molar-refractivity contribution >= 4 is 0 Å². The van der Waals surface area contributed by atoms with Crippen molar-refractivity contribution in [1.29, 1.82) is 0 Å². The molecule has 0 aliphatic carbocycles. The molecule has 0 aliphatic heterocycles. The lowest BCUT2D eigenvalue weighted by molar-refractivity contribution is 0.535. The summed E-state index contributed by atoms with van der Waals surface area (Å²) in [5.41, 5.74) is 3.86. The van der Waals surface area contributed by atoms with E-state index >= 15 is 0 Å². The monoisotopic (exact) mass is 591 g/mol. The number of hydrogen-bond donors (Lipinski definition) is 0. The molecule has 0 radical (unpaired) electrons. The smallest absolute Gasteiger partial charge is 0.159 e. The molecule has 1 aromatic heterocycles. The molecular weight excluding hydrogens is 520 g/mol. The van der Waals surface area contributed by atoms with Crippen LogP contribution in [-0.2, 0) is 12.8 Å². The van der Waals surface area contributed by atoms with Crippen LogP contribution in [0.3, 0.4) is 0 Å². The third-order valence-electron chi connectivity index (χ3n) is 9.31. The summed E-state index contributed by atoms with van der Waals surface area (Å²) < 4.78 is 0. The number of benzene rings is 1. The molecule has 1 aromatic carbocycles. The van der Waals surface area contributed by atoms with Gasteiger partial charge in [0.2, 0.25) is 0 Å². The van der Waals surface area contributed by atoms with Crippen LogP contribution in [0.2, 0.25) is 0 Å². The lowest BCUT2D eigenvalue weighted by Crippen LogP contribution is -1.94. The van der Waals surface area contributed by atoms with E-state index in [1.807, 2.05) is 12.4 Å². The molecule has 0 saturated heterocycles. The van der Waals surface area contributed by atoms with E-state index in [9.17, 15) is 0 Å². The summed E-state index contributed by atoms with van der Waals surface area (Å²) in [5.74, 6) is 0.859. The third kappa shape index (κ3) is 20.8. The third-order valence-corrected chi connectivity index (χ3v) is 9.31. The van der Waals surface area contributed by atoms with Crippen LogP contribution in [-0.4, -0.2) is 9.97 Å². The van der Waals surface area contributed by atoms with E-state index in [4.69, 9.17) is 9.97 Å². The molecule has 0 saturated carbocycles. The molecule has 0 atom stereocenters. The summed E-state index contributed by atoms with van der Waals surface area (Å²) in [6, 6.07) is 8.98. The molecule has 2 heteroatoms. The Morgan fingerprint density at radius 3 is 1.00 bits per heavy atom. The predicted molar refractivity (Wildman–Crippen MR) is 191 cm³/mol. The molecule has 0 aliphatic rings. The first kappa shape index (κ1) is 37.5. The first-order chi connectivity index (χ1) is 21.3. The molecule has 43 heavy (non-hydrogen) atoms. The number of unbranched alkanes of at least 4 members (excludes halogenated alkanes) is 25. The molecule has 2 nitrogen and oxygen atoms in total. The van der Waals surface area contributed by atoms with Crippen LogP contribution in [0.15, 0.2) is 36.7 Å². The summed E-state index contributed by atoms with van der Waals surface area (Å²) in [4.78, 5) is 9.38. The lowest BCUT2D eigenvalue weighted by atomic mass is 10.0. The minimum Gasteiger partial charge on any atom is -0.236 e. The maximum Gasteiger partial charge on any atom is 0.159 e. The Morgan fingerprint density at radius 1 is 0.349 bits per heavy atom. The minimum absolute atomic E-state index is 0.859. The van der Waals surface area contributed by atoms with Crippen LogP contribution >= 0.6 is 0 Å². The fraction of sp³-hybridized carbons (Fsp3) is 0.756. The highest BCUT2D eigenvalue weighted by molar-refractivity contribution is 5.55. The quantitative estimate of drug-likeness (QED) is 0.0846. The van der Waals surface area contributed by atoms with Gasteiger partial charge in [-0.05, 0) is 36.8 Å². The van der Waals surface area contributed by atoms with E-state index in [0.29, 0.717) is 0 Å². The molecule has 2 rings (SSSR count). The minimum atomic E-state index is 0.859. The van der Waals surface area contributed by atoms with Crippen LogP contribution in [0.25, 0.3) is 11.4 Å². The summed E-state index contributed by atoms with van der Waals surface area (Å²) in [5, 5.41) is 0. The van der Waals surface area contributed by atoms with E-state index in [-0.39, 0.29) is 0 Å². The van der Waals surface area contributed by atoms with Gasteiger partial charge in [-0.1, -0.05) is 199 Å². The van der Waals surface area contributed by atoms with Crippen molar-refractivity contribution in [2.75, 3.05) is 0 Å². The van der Waals surface area contributed by atoms with Crippen LogP contribution in [0.1, 0.15) is 198 Å². The Balaban J connectivity index is 1.44. The Hall–Kier alpha value is -1.70. The highest BCUT2D eigenvalue weighted by Gasteiger charge is 2.03. The van der Waals surface area contributed by atoms with Gasteiger partial charge in [-0.3, -0.25) is 0 Å². The molecular formula is C41H70N2. The lowest BCUT2D eigenvalue weighted by Gasteiger charge is -2.06. The van der Waals surface area contributed by atoms with Gasteiger partial charge >= 0.3 is 0 Å². The number of aryl methyl sites for hydroxylation is 2. The van der Waals surface area contributed by atoms with E-state index in [2.05, 4.69) is 38.1 Å². The van der Waals surface area contributed by atoms with Crippen molar-refractivity contribution in [2.24, 2.45) is 0 Å². The highest BCUT2D eigenvalue weighted by Crippen LogP contribution is 2.19. The van der Waals surface area contributed by atoms with Gasteiger partial charge in [0.15, 0.2) is 5.82 Å². The number of aromatic nitrogens is 2. The van der Waals surface area contributed by atoms with Crippen molar-refractivity contribution in [3.8, 4) is 11.4 Å². The second-order valence-corrected chi connectivity index (χ2v) is 13.5. The first-order valence-corrected chi connectivity index (χ1v) is 19.2. The molecule has 2 aromatic rings. The molecule has 0 fully saturated rings. The average Bonchev–Trinajstić information content (AvgIpc) is 3.04. The van der Waals surface area contributed by atoms with Gasteiger partial charge in [0.05, 0.1) is 0 Å². The van der Waals surface area contributed by atoms with E-state index < -0.39 is 0 Å². The van der Waals surface area contributed by atoms with Gasteiger partial charge in [-0.15, -0.1) is 0 Å². The van der Waals surface area contributed by atoms with Crippen molar-refractivity contribution in [1.82, 2.24) is 9.97 Å². The summed E-state index contributed by atoms with van der Waals surface area (Å²) in [7, 11) is 0. The summed E-state index contributed by atoms with van der Waals surface area (Å²) in [6.07, 6.45) is 44.5. The fourth-order valence-electron chi connectivity index (χ4n) is 6.32. The van der Waals surface area contributed by atoms with Gasteiger partial charge < -0.3 is 0 Å². The van der Waals surface area contributed by atoms with E-state index in [1.165, 1.54) is 191 Å². The first-order valence-electron chi connectivity index (χ1n) is 19.2. The van der Waals surface area contributed by atoms with E-state index in [0.717, 1.165) is 17.8 Å². The van der Waals surface area contributed by atoms with Crippen LogP contribution < -0.4 is 0 Å². The van der Waals surface area contributed by atoms with Crippen LogP contribution in [0, 0.1) is 0 Å². The highest BCUT2D eigenvalue weighted by atomic mass is 14.9. The summed E-state index contributed by atoms with van der Waals surface area (Å²) >= 11 is 0. The van der Waals surface area contributed by atoms with Gasteiger partial charge in [0.25, 0.3) is 0 Å². The average molecular weight is 591 g/mol. The van der Waals surface area contributed by atoms with Crippen LogP contribution in [0.5, 0.6) is 0 Å². The van der Waals surface area contributed by atoms with Gasteiger partial charge in [-0.25, -0.2) is 9.97 Å².